The van der Waals surface area contributed by atoms with E-state index in [0.29, 0.717) is 24.4 Å². The van der Waals surface area contributed by atoms with Gasteiger partial charge in [-0.05, 0) is 30.0 Å². The Bertz CT molecular complexity index is 412. The molecule has 0 aliphatic rings. The van der Waals surface area contributed by atoms with E-state index in [4.69, 9.17) is 16.4 Å². The highest BCUT2D eigenvalue weighted by Gasteiger charge is 1.96. The third kappa shape index (κ3) is 3.56. The molecular formula is C12H14N4. The molecule has 0 aliphatic heterocycles. The Labute approximate surface area is 94.9 Å². The molecule has 4 nitrogen and oxygen atoms in total. The summed E-state index contributed by atoms with van der Waals surface area (Å²) in [6.07, 6.45) is 3.37. The molecule has 1 aromatic carbocycles. The van der Waals surface area contributed by atoms with Gasteiger partial charge in [0.1, 0.15) is 0 Å². The molecule has 4 heteroatoms. The summed E-state index contributed by atoms with van der Waals surface area (Å²) < 4.78 is 0. The van der Waals surface area contributed by atoms with Gasteiger partial charge < -0.3 is 16.5 Å². The molecular weight excluding hydrogens is 200 g/mol. The summed E-state index contributed by atoms with van der Waals surface area (Å²) in [4.78, 5) is 0. The molecule has 0 amide bonds. The maximum absolute atomic E-state index is 8.63. The first-order valence-corrected chi connectivity index (χ1v) is 4.97. The van der Waals surface area contributed by atoms with Crippen molar-refractivity contribution in [2.24, 2.45) is 5.73 Å². The number of hydrogen-bond donors (Lipinski definition) is 3. The summed E-state index contributed by atoms with van der Waals surface area (Å²) in [6, 6.07) is 8.95. The van der Waals surface area contributed by atoms with Gasteiger partial charge in [-0.25, -0.2) is 0 Å². The van der Waals surface area contributed by atoms with Crippen LogP contribution in [0.1, 0.15) is 11.1 Å². The van der Waals surface area contributed by atoms with Crippen LogP contribution in [0.3, 0.4) is 0 Å². The first-order chi connectivity index (χ1) is 7.77. The van der Waals surface area contributed by atoms with Gasteiger partial charge in [-0.15, -0.1) is 0 Å². The van der Waals surface area contributed by atoms with E-state index in [1.807, 2.05) is 6.07 Å². The molecule has 82 valence electrons. The van der Waals surface area contributed by atoms with Crippen molar-refractivity contribution in [3.05, 3.63) is 47.7 Å². The summed E-state index contributed by atoms with van der Waals surface area (Å²) in [5.74, 6) is 0. The van der Waals surface area contributed by atoms with Crippen molar-refractivity contribution in [1.29, 1.82) is 10.7 Å². The second-order valence-electron chi connectivity index (χ2n) is 3.18. The fourth-order valence-corrected chi connectivity index (χ4v) is 1.13. The van der Waals surface area contributed by atoms with Crippen LogP contribution in [-0.2, 0) is 0 Å². The normalized spacial score (nSPS) is 10.0. The Balaban J connectivity index is 2.60. The molecule has 0 aromatic heterocycles. The lowest BCUT2D eigenvalue weighted by atomic mass is 10.1. The molecule has 0 spiro atoms. The molecule has 1 aromatic rings. The Hall–Kier alpha value is -2.12. The number of nitrogens with two attached hydrogens (primary N) is 1. The summed E-state index contributed by atoms with van der Waals surface area (Å²) in [7, 11) is 0. The van der Waals surface area contributed by atoms with Gasteiger partial charge in [0, 0.05) is 13.1 Å². The van der Waals surface area contributed by atoms with Crippen molar-refractivity contribution in [2.75, 3.05) is 13.1 Å². The standard InChI is InChI=1S/C12H14N4/c13-6-8-16-7-5-12(15)11-3-1-10(9-14)2-4-11/h1-5,7,15-16H,6,8,13H2/b7-5-,15-12?. The molecule has 0 unspecified atom stereocenters. The zero-order valence-electron chi connectivity index (χ0n) is 8.90. The lowest BCUT2D eigenvalue weighted by Gasteiger charge is -1.99. The van der Waals surface area contributed by atoms with Crippen molar-refractivity contribution < 1.29 is 0 Å². The predicted molar refractivity (Wildman–Crippen MR) is 64.2 cm³/mol. The molecule has 0 heterocycles. The van der Waals surface area contributed by atoms with Crippen LogP contribution >= 0.6 is 0 Å². The largest absolute Gasteiger partial charge is 0.390 e. The van der Waals surface area contributed by atoms with Crippen molar-refractivity contribution >= 4 is 5.71 Å². The van der Waals surface area contributed by atoms with Gasteiger partial charge in [-0.1, -0.05) is 12.1 Å². The zero-order valence-corrected chi connectivity index (χ0v) is 8.90. The first-order valence-electron chi connectivity index (χ1n) is 4.97. The average molecular weight is 214 g/mol. The minimum atomic E-state index is 0.397. The Kier molecular flexibility index (Phi) is 4.77. The number of nitrogens with zero attached hydrogens (tertiary/aromatic N) is 1. The van der Waals surface area contributed by atoms with E-state index in [1.54, 1.807) is 36.5 Å². The highest BCUT2D eigenvalue weighted by molar-refractivity contribution is 6.06. The van der Waals surface area contributed by atoms with Crippen LogP contribution in [0.25, 0.3) is 0 Å². The molecule has 1 rings (SSSR count). The van der Waals surface area contributed by atoms with Gasteiger partial charge in [-0.3, -0.25) is 0 Å². The number of hydrogen-bond acceptors (Lipinski definition) is 4. The zero-order chi connectivity index (χ0) is 11.8. The van der Waals surface area contributed by atoms with Crippen LogP contribution < -0.4 is 11.1 Å². The van der Waals surface area contributed by atoms with Gasteiger partial charge in [0.15, 0.2) is 0 Å². The fraction of sp³-hybridized carbons (Fsp3) is 0.167. The molecule has 0 saturated carbocycles. The molecule has 0 saturated heterocycles. The molecule has 4 N–H and O–H groups in total. The monoisotopic (exact) mass is 214 g/mol. The fourth-order valence-electron chi connectivity index (χ4n) is 1.13. The lowest BCUT2D eigenvalue weighted by Crippen LogP contribution is -2.17. The first kappa shape index (κ1) is 12.0. The summed E-state index contributed by atoms with van der Waals surface area (Å²) in [6.45, 7) is 1.26. The maximum Gasteiger partial charge on any atom is 0.0991 e. The van der Waals surface area contributed by atoms with Crippen LogP contribution in [-0.4, -0.2) is 18.8 Å². The highest BCUT2D eigenvalue weighted by Crippen LogP contribution is 2.04. The molecule has 0 radical (unpaired) electrons. The Morgan fingerprint density at radius 3 is 2.69 bits per heavy atom. The second kappa shape index (κ2) is 6.38. The predicted octanol–water partition coefficient (Wildman–Crippen LogP) is 0.988. The molecule has 0 fully saturated rings. The van der Waals surface area contributed by atoms with Gasteiger partial charge in [-0.2, -0.15) is 5.26 Å². The van der Waals surface area contributed by atoms with Gasteiger partial charge in [0.05, 0.1) is 17.3 Å². The van der Waals surface area contributed by atoms with E-state index in [2.05, 4.69) is 5.32 Å². The number of rotatable bonds is 5. The minimum absolute atomic E-state index is 0.397. The Morgan fingerprint density at radius 2 is 2.12 bits per heavy atom. The van der Waals surface area contributed by atoms with E-state index < -0.39 is 0 Å². The summed E-state index contributed by atoms with van der Waals surface area (Å²) in [5, 5.41) is 19.3. The molecule has 0 atom stereocenters. The topological polar surface area (TPSA) is 85.7 Å². The van der Waals surface area contributed by atoms with Crippen LogP contribution in [0.4, 0.5) is 0 Å². The van der Waals surface area contributed by atoms with Crippen LogP contribution in [0.2, 0.25) is 0 Å². The third-order valence-corrected chi connectivity index (χ3v) is 1.98. The number of nitrogens with one attached hydrogen (secondary N) is 2. The number of nitriles is 1. The highest BCUT2D eigenvalue weighted by atomic mass is 14.8. The SMILES string of the molecule is N#Cc1ccc(C(=N)/C=C\NCCN)cc1. The smallest absolute Gasteiger partial charge is 0.0991 e. The van der Waals surface area contributed by atoms with Crippen LogP contribution in [0, 0.1) is 16.7 Å². The van der Waals surface area contributed by atoms with E-state index in [1.165, 1.54) is 0 Å². The molecule has 0 aliphatic carbocycles. The minimum Gasteiger partial charge on any atom is -0.390 e. The summed E-state index contributed by atoms with van der Waals surface area (Å²) in [5.41, 5.74) is 7.09. The van der Waals surface area contributed by atoms with E-state index >= 15 is 0 Å². The van der Waals surface area contributed by atoms with Gasteiger partial charge in [0.2, 0.25) is 0 Å². The number of allylic oxidation sites excluding steroid dienone is 1. The van der Waals surface area contributed by atoms with Crippen molar-refractivity contribution in [3.63, 3.8) is 0 Å². The number of benzene rings is 1. The lowest BCUT2D eigenvalue weighted by molar-refractivity contribution is 0.843. The molecule has 0 bridgehead atoms. The van der Waals surface area contributed by atoms with Gasteiger partial charge in [0.25, 0.3) is 0 Å². The van der Waals surface area contributed by atoms with E-state index in [0.717, 1.165) is 5.56 Å². The van der Waals surface area contributed by atoms with E-state index in [-0.39, 0.29) is 0 Å². The van der Waals surface area contributed by atoms with Crippen molar-refractivity contribution in [2.45, 2.75) is 0 Å². The second-order valence-corrected chi connectivity index (χ2v) is 3.18. The van der Waals surface area contributed by atoms with Crippen LogP contribution in [0.5, 0.6) is 0 Å². The molecule has 16 heavy (non-hydrogen) atoms. The summed E-state index contributed by atoms with van der Waals surface area (Å²) >= 11 is 0. The van der Waals surface area contributed by atoms with E-state index in [9.17, 15) is 0 Å². The third-order valence-electron chi connectivity index (χ3n) is 1.98. The van der Waals surface area contributed by atoms with Crippen molar-refractivity contribution in [3.8, 4) is 6.07 Å². The average Bonchev–Trinajstić information content (AvgIpc) is 2.34. The maximum atomic E-state index is 8.63. The Morgan fingerprint density at radius 1 is 1.44 bits per heavy atom. The van der Waals surface area contributed by atoms with Crippen molar-refractivity contribution in [1.82, 2.24) is 5.32 Å². The quantitative estimate of drug-likeness (QED) is 0.504. The van der Waals surface area contributed by atoms with Gasteiger partial charge >= 0.3 is 0 Å². The van der Waals surface area contributed by atoms with Crippen LogP contribution in [0.15, 0.2) is 36.5 Å².